The molecular weight excluding hydrogens is 264 g/mol. The highest BCUT2D eigenvalue weighted by Gasteiger charge is 2.29. The fourth-order valence-electron chi connectivity index (χ4n) is 4.61. The molecule has 0 saturated heterocycles. The van der Waals surface area contributed by atoms with Crippen molar-refractivity contribution in [2.75, 3.05) is 0 Å². The van der Waals surface area contributed by atoms with Crippen molar-refractivity contribution < 1.29 is 0 Å². The van der Waals surface area contributed by atoms with Crippen LogP contribution >= 0.6 is 0 Å². The lowest BCUT2D eigenvalue weighted by Gasteiger charge is -2.36. The zero-order chi connectivity index (χ0) is 15.9. The summed E-state index contributed by atoms with van der Waals surface area (Å²) in [7, 11) is 0. The molecule has 0 aromatic carbocycles. The van der Waals surface area contributed by atoms with Crippen molar-refractivity contribution in [3.8, 4) is 0 Å². The van der Waals surface area contributed by atoms with Gasteiger partial charge in [0, 0.05) is 0 Å². The summed E-state index contributed by atoms with van der Waals surface area (Å²) in [5, 5.41) is 0. The van der Waals surface area contributed by atoms with E-state index in [2.05, 4.69) is 51.7 Å². The van der Waals surface area contributed by atoms with Crippen LogP contribution in [0.25, 0.3) is 0 Å². The van der Waals surface area contributed by atoms with Crippen LogP contribution < -0.4 is 0 Å². The number of hydrogen-bond acceptors (Lipinski definition) is 0. The molecule has 5 unspecified atom stereocenters. The third kappa shape index (κ3) is 4.37. The first-order valence-corrected chi connectivity index (χ1v) is 9.72. The fourth-order valence-corrected chi connectivity index (χ4v) is 4.61. The molecule has 0 heterocycles. The summed E-state index contributed by atoms with van der Waals surface area (Å²) in [6.45, 7) is 11.1. The Kier molecular flexibility index (Phi) is 6.99. The van der Waals surface area contributed by atoms with Crippen molar-refractivity contribution in [1.29, 1.82) is 0 Å². The molecule has 124 valence electrons. The normalized spacial score (nSPS) is 33.3. The number of allylic oxidation sites excluding steroid dienone is 5. The third-order valence-corrected chi connectivity index (χ3v) is 5.95. The number of hydrogen-bond donors (Lipinski definition) is 0. The lowest BCUT2D eigenvalue weighted by atomic mass is 9.69. The van der Waals surface area contributed by atoms with Crippen LogP contribution in [0.4, 0.5) is 0 Å². The van der Waals surface area contributed by atoms with E-state index in [4.69, 9.17) is 0 Å². The van der Waals surface area contributed by atoms with Crippen molar-refractivity contribution >= 4 is 0 Å². The molecule has 2 rings (SSSR count). The van der Waals surface area contributed by atoms with E-state index >= 15 is 0 Å². The van der Waals surface area contributed by atoms with Crippen LogP contribution in [0.2, 0.25) is 0 Å². The SMILES string of the molecule is C=CC1C=CC(C2C=C(C(C)CCC)C(CCC)CC2)CC1. The molecule has 0 radical (unpaired) electrons. The second-order valence-electron chi connectivity index (χ2n) is 7.61. The highest BCUT2D eigenvalue weighted by atomic mass is 14.3. The zero-order valence-corrected chi connectivity index (χ0v) is 15.1. The van der Waals surface area contributed by atoms with Gasteiger partial charge in [-0.25, -0.2) is 0 Å². The van der Waals surface area contributed by atoms with Crippen LogP contribution in [0.1, 0.15) is 72.1 Å². The average molecular weight is 301 g/mol. The van der Waals surface area contributed by atoms with Gasteiger partial charge in [-0.05, 0) is 68.1 Å². The van der Waals surface area contributed by atoms with Gasteiger partial charge in [-0.1, -0.05) is 63.5 Å². The predicted molar refractivity (Wildman–Crippen MR) is 98.8 cm³/mol. The van der Waals surface area contributed by atoms with Crippen LogP contribution in [0.5, 0.6) is 0 Å². The van der Waals surface area contributed by atoms with Crippen molar-refractivity contribution in [3.63, 3.8) is 0 Å². The van der Waals surface area contributed by atoms with Gasteiger partial charge in [0.2, 0.25) is 0 Å². The topological polar surface area (TPSA) is 0 Å². The van der Waals surface area contributed by atoms with Gasteiger partial charge in [-0.3, -0.25) is 0 Å². The lowest BCUT2D eigenvalue weighted by molar-refractivity contribution is 0.311. The Balaban J connectivity index is 2.11. The maximum absolute atomic E-state index is 3.94. The van der Waals surface area contributed by atoms with Crippen molar-refractivity contribution in [2.24, 2.45) is 29.6 Å². The van der Waals surface area contributed by atoms with Crippen LogP contribution in [-0.4, -0.2) is 0 Å². The average Bonchev–Trinajstić information content (AvgIpc) is 2.56. The van der Waals surface area contributed by atoms with E-state index in [1.54, 1.807) is 5.57 Å². The van der Waals surface area contributed by atoms with Gasteiger partial charge in [0.05, 0.1) is 0 Å². The maximum atomic E-state index is 3.94. The molecular formula is C22H36. The Morgan fingerprint density at radius 2 is 1.86 bits per heavy atom. The molecule has 0 fully saturated rings. The largest absolute Gasteiger partial charge is 0.102 e. The summed E-state index contributed by atoms with van der Waals surface area (Å²) in [5.41, 5.74) is 1.80. The minimum Gasteiger partial charge on any atom is -0.102 e. The fraction of sp³-hybridized carbons (Fsp3) is 0.727. The van der Waals surface area contributed by atoms with Crippen molar-refractivity contribution in [3.05, 3.63) is 36.5 Å². The molecule has 0 spiro atoms. The van der Waals surface area contributed by atoms with E-state index in [0.29, 0.717) is 5.92 Å². The van der Waals surface area contributed by atoms with Gasteiger partial charge in [-0.15, -0.1) is 6.58 Å². The van der Waals surface area contributed by atoms with Gasteiger partial charge >= 0.3 is 0 Å². The summed E-state index contributed by atoms with van der Waals surface area (Å²) >= 11 is 0. The quantitative estimate of drug-likeness (QED) is 0.446. The summed E-state index contributed by atoms with van der Waals surface area (Å²) in [6.07, 6.45) is 20.6. The highest BCUT2D eigenvalue weighted by molar-refractivity contribution is 5.18. The van der Waals surface area contributed by atoms with Gasteiger partial charge in [0.1, 0.15) is 0 Å². The molecule has 0 nitrogen and oxygen atoms in total. The molecule has 0 bridgehead atoms. The van der Waals surface area contributed by atoms with Gasteiger partial charge in [0.15, 0.2) is 0 Å². The second-order valence-corrected chi connectivity index (χ2v) is 7.61. The molecule has 0 aromatic heterocycles. The minimum absolute atomic E-state index is 0.621. The lowest BCUT2D eigenvalue weighted by Crippen LogP contribution is -2.24. The third-order valence-electron chi connectivity index (χ3n) is 5.95. The zero-order valence-electron chi connectivity index (χ0n) is 15.1. The van der Waals surface area contributed by atoms with E-state index in [1.165, 1.54) is 51.4 Å². The summed E-state index contributed by atoms with van der Waals surface area (Å²) in [6, 6.07) is 0. The van der Waals surface area contributed by atoms with Crippen molar-refractivity contribution in [1.82, 2.24) is 0 Å². The number of rotatable bonds is 7. The molecule has 0 heteroatoms. The van der Waals surface area contributed by atoms with Gasteiger partial charge in [-0.2, -0.15) is 0 Å². The molecule has 5 atom stereocenters. The highest BCUT2D eigenvalue weighted by Crippen LogP contribution is 2.42. The maximum Gasteiger partial charge on any atom is -0.00559 e. The van der Waals surface area contributed by atoms with Gasteiger partial charge in [0.25, 0.3) is 0 Å². The van der Waals surface area contributed by atoms with Gasteiger partial charge < -0.3 is 0 Å². The van der Waals surface area contributed by atoms with Crippen LogP contribution in [-0.2, 0) is 0 Å². The van der Waals surface area contributed by atoms with Crippen LogP contribution in [0, 0.1) is 29.6 Å². The standard InChI is InChI=1S/C22H36/c1-5-8-17(4)22-16-21(15-14-20(22)9-6-2)19-12-10-18(7-3)11-13-19/h7,10,12,16-21H,3,5-6,8-9,11,13-15H2,1-2,4H3. The first-order chi connectivity index (χ1) is 10.7. The summed E-state index contributed by atoms with van der Waals surface area (Å²) in [5.74, 6) is 3.86. The molecule has 0 aliphatic heterocycles. The second kappa shape index (κ2) is 8.75. The van der Waals surface area contributed by atoms with Crippen LogP contribution in [0.15, 0.2) is 36.5 Å². The first-order valence-electron chi connectivity index (χ1n) is 9.72. The Morgan fingerprint density at radius 1 is 1.09 bits per heavy atom. The van der Waals surface area contributed by atoms with E-state index in [0.717, 1.165) is 23.7 Å². The van der Waals surface area contributed by atoms with Crippen LogP contribution in [0.3, 0.4) is 0 Å². The van der Waals surface area contributed by atoms with Crippen molar-refractivity contribution in [2.45, 2.75) is 72.1 Å². The Hall–Kier alpha value is -0.780. The molecule has 2 aliphatic rings. The van der Waals surface area contributed by atoms with E-state index in [9.17, 15) is 0 Å². The Morgan fingerprint density at radius 3 is 2.45 bits per heavy atom. The summed E-state index contributed by atoms with van der Waals surface area (Å²) in [4.78, 5) is 0. The Labute approximate surface area is 138 Å². The smallest absolute Gasteiger partial charge is 0.00559 e. The minimum atomic E-state index is 0.621. The molecule has 0 saturated carbocycles. The molecule has 22 heavy (non-hydrogen) atoms. The molecule has 0 N–H and O–H groups in total. The predicted octanol–water partition coefficient (Wildman–Crippen LogP) is 6.94. The monoisotopic (exact) mass is 300 g/mol. The van der Waals surface area contributed by atoms with E-state index < -0.39 is 0 Å². The molecule has 2 aliphatic carbocycles. The van der Waals surface area contributed by atoms with E-state index in [1.807, 2.05) is 0 Å². The molecule has 0 aromatic rings. The molecule has 0 amide bonds. The van der Waals surface area contributed by atoms with E-state index in [-0.39, 0.29) is 0 Å². The summed E-state index contributed by atoms with van der Waals surface area (Å²) < 4.78 is 0. The Bertz CT molecular complexity index is 400. The first kappa shape index (κ1) is 17.6.